The van der Waals surface area contributed by atoms with Gasteiger partial charge in [0.1, 0.15) is 0 Å². The van der Waals surface area contributed by atoms with Gasteiger partial charge in [0.2, 0.25) is 0 Å². The highest BCUT2D eigenvalue weighted by Crippen LogP contribution is 2.38. The molecule has 0 fully saturated rings. The third-order valence-corrected chi connectivity index (χ3v) is 2.24. The second-order valence-electron chi connectivity index (χ2n) is 2.91. The quantitative estimate of drug-likeness (QED) is 0.642. The molecular formula is C9H11ClO3. The van der Waals surface area contributed by atoms with Crippen molar-refractivity contribution in [2.45, 2.75) is 12.8 Å². The van der Waals surface area contributed by atoms with E-state index in [1.807, 2.05) is 0 Å². The second-order valence-corrected chi connectivity index (χ2v) is 3.32. The molecule has 0 aliphatic heterocycles. The van der Waals surface area contributed by atoms with Crippen molar-refractivity contribution in [3.63, 3.8) is 0 Å². The molecule has 0 aromatic heterocycles. The van der Waals surface area contributed by atoms with E-state index in [1.54, 1.807) is 6.92 Å². The van der Waals surface area contributed by atoms with Gasteiger partial charge >= 0.3 is 0 Å². The molecule has 0 heterocycles. The van der Waals surface area contributed by atoms with Gasteiger partial charge in [0, 0.05) is 23.1 Å². The summed E-state index contributed by atoms with van der Waals surface area (Å²) in [6.45, 7) is 1.58. The molecule has 1 unspecified atom stereocenters. The van der Waals surface area contributed by atoms with Crippen molar-refractivity contribution in [3.8, 4) is 11.5 Å². The molecule has 3 N–H and O–H groups in total. The van der Waals surface area contributed by atoms with Crippen LogP contribution in [0.4, 0.5) is 0 Å². The van der Waals surface area contributed by atoms with Crippen LogP contribution in [-0.2, 0) is 0 Å². The fourth-order valence-corrected chi connectivity index (χ4v) is 1.47. The van der Waals surface area contributed by atoms with Gasteiger partial charge in [0.15, 0.2) is 11.5 Å². The van der Waals surface area contributed by atoms with Crippen LogP contribution < -0.4 is 0 Å². The minimum atomic E-state index is -0.292. The summed E-state index contributed by atoms with van der Waals surface area (Å²) >= 11 is 5.79. The van der Waals surface area contributed by atoms with Crippen LogP contribution in [0.5, 0.6) is 11.5 Å². The van der Waals surface area contributed by atoms with Crippen LogP contribution in [0.15, 0.2) is 12.1 Å². The van der Waals surface area contributed by atoms with Crippen molar-refractivity contribution in [1.29, 1.82) is 0 Å². The largest absolute Gasteiger partial charge is 0.504 e. The number of hydrogen-bond donors (Lipinski definition) is 3. The van der Waals surface area contributed by atoms with Gasteiger partial charge in [-0.15, -0.1) is 0 Å². The standard InChI is InChI=1S/C9H11ClO3/c1-5(4-11)8-6(10)2-3-7(12)9(8)13/h2-3,5,11-13H,4H2,1H3. The monoisotopic (exact) mass is 202 g/mol. The molecule has 1 aromatic rings. The lowest BCUT2D eigenvalue weighted by Gasteiger charge is -2.13. The van der Waals surface area contributed by atoms with Gasteiger partial charge in [0.05, 0.1) is 0 Å². The highest BCUT2D eigenvalue weighted by molar-refractivity contribution is 6.31. The lowest BCUT2D eigenvalue weighted by atomic mass is 10.0. The zero-order chi connectivity index (χ0) is 10.0. The molecule has 0 saturated carbocycles. The van der Waals surface area contributed by atoms with Crippen LogP contribution >= 0.6 is 11.6 Å². The molecule has 0 spiro atoms. The van der Waals surface area contributed by atoms with E-state index in [-0.39, 0.29) is 24.0 Å². The fourth-order valence-electron chi connectivity index (χ4n) is 1.13. The summed E-state index contributed by atoms with van der Waals surface area (Å²) in [6, 6.07) is 2.80. The number of phenols is 2. The zero-order valence-corrected chi connectivity index (χ0v) is 7.91. The summed E-state index contributed by atoms with van der Waals surface area (Å²) in [5, 5.41) is 27.8. The van der Waals surface area contributed by atoms with Crippen LogP contribution in [0.25, 0.3) is 0 Å². The lowest BCUT2D eigenvalue weighted by molar-refractivity contribution is 0.269. The van der Waals surface area contributed by atoms with Crippen LogP contribution in [0.2, 0.25) is 5.02 Å². The van der Waals surface area contributed by atoms with Crippen LogP contribution in [0.3, 0.4) is 0 Å². The van der Waals surface area contributed by atoms with Crippen molar-refractivity contribution >= 4 is 11.6 Å². The van der Waals surface area contributed by atoms with Crippen LogP contribution in [0, 0.1) is 0 Å². The third kappa shape index (κ3) is 1.87. The summed E-state index contributed by atoms with van der Waals surface area (Å²) in [4.78, 5) is 0. The fraction of sp³-hybridized carbons (Fsp3) is 0.333. The van der Waals surface area contributed by atoms with Gasteiger partial charge in [0.25, 0.3) is 0 Å². The summed E-state index contributed by atoms with van der Waals surface area (Å²) < 4.78 is 0. The van der Waals surface area contributed by atoms with Crippen LogP contribution in [-0.4, -0.2) is 21.9 Å². The maximum atomic E-state index is 9.43. The van der Waals surface area contributed by atoms with E-state index in [9.17, 15) is 10.2 Å². The summed E-state index contributed by atoms with van der Waals surface area (Å²) in [5.74, 6) is -0.770. The highest BCUT2D eigenvalue weighted by Gasteiger charge is 2.16. The topological polar surface area (TPSA) is 60.7 Å². The second kappa shape index (κ2) is 3.85. The maximum Gasteiger partial charge on any atom is 0.162 e. The first-order valence-corrected chi connectivity index (χ1v) is 4.27. The Bertz CT molecular complexity index is 312. The van der Waals surface area contributed by atoms with Gasteiger partial charge in [-0.3, -0.25) is 0 Å². The maximum absolute atomic E-state index is 9.43. The number of phenolic OH excluding ortho intramolecular Hbond substituents is 2. The molecule has 72 valence electrons. The first kappa shape index (κ1) is 10.2. The molecule has 4 heteroatoms. The Kier molecular flexibility index (Phi) is 3.01. The Labute approximate surface area is 81.2 Å². The molecule has 13 heavy (non-hydrogen) atoms. The Morgan fingerprint density at radius 1 is 1.38 bits per heavy atom. The molecule has 1 atom stereocenters. The van der Waals surface area contributed by atoms with Gasteiger partial charge < -0.3 is 15.3 Å². The number of rotatable bonds is 2. The van der Waals surface area contributed by atoms with Crippen molar-refractivity contribution in [3.05, 3.63) is 22.7 Å². The summed E-state index contributed by atoms with van der Waals surface area (Å²) in [6.07, 6.45) is 0. The predicted octanol–water partition coefficient (Wildman–Crippen LogP) is 1.85. The van der Waals surface area contributed by atoms with Gasteiger partial charge in [-0.2, -0.15) is 0 Å². The van der Waals surface area contributed by atoms with E-state index in [1.165, 1.54) is 12.1 Å². The molecule has 1 aromatic carbocycles. The number of halogens is 1. The zero-order valence-electron chi connectivity index (χ0n) is 7.16. The van der Waals surface area contributed by atoms with Crippen molar-refractivity contribution in [1.82, 2.24) is 0 Å². The number of aliphatic hydroxyl groups excluding tert-OH is 1. The van der Waals surface area contributed by atoms with E-state index in [4.69, 9.17) is 16.7 Å². The van der Waals surface area contributed by atoms with Gasteiger partial charge in [-0.25, -0.2) is 0 Å². The Hall–Kier alpha value is -0.930. The molecule has 1 rings (SSSR count). The lowest BCUT2D eigenvalue weighted by Crippen LogP contribution is -2.00. The predicted molar refractivity (Wildman–Crippen MR) is 50.3 cm³/mol. The molecule has 0 aliphatic rings. The first-order chi connectivity index (χ1) is 6.07. The van der Waals surface area contributed by atoms with Crippen molar-refractivity contribution < 1.29 is 15.3 Å². The van der Waals surface area contributed by atoms with Crippen molar-refractivity contribution in [2.24, 2.45) is 0 Å². The molecule has 0 bridgehead atoms. The minimum Gasteiger partial charge on any atom is -0.504 e. The number of aliphatic hydroxyl groups is 1. The normalized spacial score (nSPS) is 12.8. The van der Waals surface area contributed by atoms with E-state index < -0.39 is 0 Å². The van der Waals surface area contributed by atoms with E-state index in [0.717, 1.165) is 0 Å². The molecule has 0 radical (unpaired) electrons. The van der Waals surface area contributed by atoms with E-state index in [0.29, 0.717) is 10.6 Å². The Morgan fingerprint density at radius 3 is 2.54 bits per heavy atom. The number of benzene rings is 1. The minimum absolute atomic E-state index is 0.128. The Balaban J connectivity index is 3.25. The molecular weight excluding hydrogens is 192 g/mol. The first-order valence-electron chi connectivity index (χ1n) is 3.89. The number of hydrogen-bond acceptors (Lipinski definition) is 3. The van der Waals surface area contributed by atoms with E-state index in [2.05, 4.69) is 0 Å². The van der Waals surface area contributed by atoms with Crippen LogP contribution in [0.1, 0.15) is 18.4 Å². The molecule has 0 aliphatic carbocycles. The summed E-state index contributed by atoms with van der Waals surface area (Å²) in [5.41, 5.74) is 0.379. The molecule has 3 nitrogen and oxygen atoms in total. The van der Waals surface area contributed by atoms with E-state index >= 15 is 0 Å². The Morgan fingerprint density at radius 2 is 2.00 bits per heavy atom. The number of aromatic hydroxyl groups is 2. The third-order valence-electron chi connectivity index (χ3n) is 1.91. The molecule has 0 saturated heterocycles. The highest BCUT2D eigenvalue weighted by atomic mass is 35.5. The molecule has 0 amide bonds. The SMILES string of the molecule is CC(CO)c1c(Cl)ccc(O)c1O. The summed E-state index contributed by atoms with van der Waals surface area (Å²) in [7, 11) is 0. The average molecular weight is 203 g/mol. The van der Waals surface area contributed by atoms with Crippen molar-refractivity contribution in [2.75, 3.05) is 6.61 Å². The average Bonchev–Trinajstić information content (AvgIpc) is 2.12. The van der Waals surface area contributed by atoms with Gasteiger partial charge in [-0.1, -0.05) is 18.5 Å². The smallest absolute Gasteiger partial charge is 0.162 e. The van der Waals surface area contributed by atoms with Gasteiger partial charge in [-0.05, 0) is 12.1 Å².